The quantitative estimate of drug-likeness (QED) is 0.793. The fourth-order valence-electron chi connectivity index (χ4n) is 1.45. The van der Waals surface area contributed by atoms with Crippen molar-refractivity contribution in [3.8, 4) is 0 Å². The fourth-order valence-corrected chi connectivity index (χ4v) is 1.45. The van der Waals surface area contributed by atoms with E-state index >= 15 is 0 Å². The largest absolute Gasteiger partial charge is 0.389 e. The van der Waals surface area contributed by atoms with Crippen LogP contribution in [0, 0.1) is 5.41 Å². The fraction of sp³-hybridized carbons (Fsp3) is 0.538. The van der Waals surface area contributed by atoms with Gasteiger partial charge in [0.15, 0.2) is 0 Å². The Hall–Kier alpha value is -0.860. The molecule has 0 saturated heterocycles. The Morgan fingerprint density at radius 3 is 2.13 bits per heavy atom. The molecule has 84 valence electrons. The molecule has 1 atom stereocenters. The highest BCUT2D eigenvalue weighted by atomic mass is 16.3. The van der Waals surface area contributed by atoms with Gasteiger partial charge in [-0.05, 0) is 12.5 Å². The Morgan fingerprint density at radius 1 is 1.13 bits per heavy atom. The number of hydrogen-bond acceptors (Lipinski definition) is 2. The van der Waals surface area contributed by atoms with Crippen LogP contribution in [0.5, 0.6) is 0 Å². The molecule has 0 heterocycles. The van der Waals surface area contributed by atoms with E-state index in [0.717, 1.165) is 5.56 Å². The minimum atomic E-state index is -0.775. The van der Waals surface area contributed by atoms with Gasteiger partial charge in [-0.3, -0.25) is 0 Å². The number of nitrogens with two attached hydrogens (primary N) is 1. The highest BCUT2D eigenvalue weighted by Gasteiger charge is 2.37. The lowest BCUT2D eigenvalue weighted by atomic mass is 9.73. The van der Waals surface area contributed by atoms with Gasteiger partial charge in [-0.1, -0.05) is 44.2 Å². The molecular formula is C13H21NO. The van der Waals surface area contributed by atoms with E-state index in [2.05, 4.69) is 0 Å². The molecule has 1 aromatic carbocycles. The lowest BCUT2D eigenvalue weighted by Gasteiger charge is -2.39. The zero-order valence-electron chi connectivity index (χ0n) is 9.83. The number of rotatable bonds is 4. The van der Waals surface area contributed by atoms with Crippen LogP contribution in [0.25, 0.3) is 0 Å². The predicted molar refractivity (Wildman–Crippen MR) is 63.6 cm³/mol. The predicted octanol–water partition coefficient (Wildman–Crippen LogP) is 1.96. The van der Waals surface area contributed by atoms with Crippen LogP contribution in [0.2, 0.25) is 0 Å². The molecule has 0 aliphatic carbocycles. The van der Waals surface area contributed by atoms with Gasteiger partial charge in [-0.25, -0.2) is 0 Å². The topological polar surface area (TPSA) is 46.2 Å². The molecule has 0 bridgehead atoms. The van der Waals surface area contributed by atoms with Gasteiger partial charge in [0, 0.05) is 18.4 Å². The van der Waals surface area contributed by atoms with Gasteiger partial charge in [0.1, 0.15) is 0 Å². The van der Waals surface area contributed by atoms with Crippen LogP contribution in [-0.2, 0) is 6.42 Å². The molecule has 0 fully saturated rings. The van der Waals surface area contributed by atoms with Gasteiger partial charge in [-0.2, -0.15) is 0 Å². The van der Waals surface area contributed by atoms with E-state index in [-0.39, 0.29) is 5.41 Å². The Labute approximate surface area is 92.1 Å². The third-order valence-electron chi connectivity index (χ3n) is 3.36. The van der Waals surface area contributed by atoms with Crippen LogP contribution in [0.3, 0.4) is 0 Å². The van der Waals surface area contributed by atoms with Crippen LogP contribution in [0.15, 0.2) is 30.3 Å². The average molecular weight is 207 g/mol. The monoisotopic (exact) mass is 207 g/mol. The molecule has 3 N–H and O–H groups in total. The number of aliphatic hydroxyl groups is 1. The van der Waals surface area contributed by atoms with E-state index in [4.69, 9.17) is 5.73 Å². The van der Waals surface area contributed by atoms with Gasteiger partial charge < -0.3 is 10.8 Å². The van der Waals surface area contributed by atoms with Crippen LogP contribution in [-0.4, -0.2) is 17.3 Å². The smallest absolute Gasteiger partial charge is 0.0722 e. The molecule has 2 heteroatoms. The molecule has 0 spiro atoms. The second-order valence-corrected chi connectivity index (χ2v) is 5.02. The summed E-state index contributed by atoms with van der Waals surface area (Å²) in [7, 11) is 0. The number of hydrogen-bond donors (Lipinski definition) is 2. The highest BCUT2D eigenvalue weighted by Crippen LogP contribution is 2.32. The molecule has 1 rings (SSSR count). The summed E-state index contributed by atoms with van der Waals surface area (Å²) in [6, 6.07) is 10.0. The van der Waals surface area contributed by atoms with Crippen LogP contribution in [0.4, 0.5) is 0 Å². The zero-order chi connectivity index (χ0) is 11.5. The van der Waals surface area contributed by atoms with Crippen LogP contribution in [0.1, 0.15) is 26.3 Å². The van der Waals surface area contributed by atoms with E-state index in [1.54, 1.807) is 0 Å². The van der Waals surface area contributed by atoms with Crippen molar-refractivity contribution in [1.82, 2.24) is 0 Å². The summed E-state index contributed by atoms with van der Waals surface area (Å²) in [5.41, 5.74) is 5.78. The summed E-state index contributed by atoms with van der Waals surface area (Å²) in [5, 5.41) is 10.4. The maximum absolute atomic E-state index is 10.4. The van der Waals surface area contributed by atoms with Crippen LogP contribution < -0.4 is 5.73 Å². The zero-order valence-corrected chi connectivity index (χ0v) is 9.83. The van der Waals surface area contributed by atoms with Crippen molar-refractivity contribution in [2.75, 3.05) is 6.54 Å². The third kappa shape index (κ3) is 2.80. The van der Waals surface area contributed by atoms with Crippen molar-refractivity contribution in [3.05, 3.63) is 35.9 Å². The van der Waals surface area contributed by atoms with Crippen molar-refractivity contribution in [2.24, 2.45) is 11.1 Å². The Bertz CT molecular complexity index is 304. The van der Waals surface area contributed by atoms with Crippen molar-refractivity contribution in [3.63, 3.8) is 0 Å². The van der Waals surface area contributed by atoms with Crippen LogP contribution >= 0.6 is 0 Å². The van der Waals surface area contributed by atoms with E-state index in [1.807, 2.05) is 51.1 Å². The Kier molecular flexibility index (Phi) is 3.53. The third-order valence-corrected chi connectivity index (χ3v) is 3.36. The van der Waals surface area contributed by atoms with Crippen molar-refractivity contribution in [2.45, 2.75) is 32.8 Å². The summed E-state index contributed by atoms with van der Waals surface area (Å²) < 4.78 is 0. The van der Waals surface area contributed by atoms with Gasteiger partial charge in [0.05, 0.1) is 5.60 Å². The minimum absolute atomic E-state index is 0.275. The second kappa shape index (κ2) is 4.33. The molecule has 1 unspecified atom stereocenters. The lowest BCUT2D eigenvalue weighted by Crippen LogP contribution is -2.48. The highest BCUT2D eigenvalue weighted by molar-refractivity contribution is 5.17. The maximum Gasteiger partial charge on any atom is 0.0722 e. The van der Waals surface area contributed by atoms with Gasteiger partial charge in [0.2, 0.25) is 0 Å². The van der Waals surface area contributed by atoms with E-state index in [1.165, 1.54) is 0 Å². The van der Waals surface area contributed by atoms with E-state index < -0.39 is 5.60 Å². The molecule has 15 heavy (non-hydrogen) atoms. The summed E-state index contributed by atoms with van der Waals surface area (Å²) >= 11 is 0. The molecule has 1 aromatic rings. The molecule has 0 radical (unpaired) electrons. The van der Waals surface area contributed by atoms with Gasteiger partial charge >= 0.3 is 0 Å². The van der Waals surface area contributed by atoms with Gasteiger partial charge in [-0.15, -0.1) is 0 Å². The molecule has 2 nitrogen and oxygen atoms in total. The van der Waals surface area contributed by atoms with Crippen molar-refractivity contribution >= 4 is 0 Å². The van der Waals surface area contributed by atoms with Gasteiger partial charge in [0.25, 0.3) is 0 Å². The van der Waals surface area contributed by atoms with Crippen molar-refractivity contribution in [1.29, 1.82) is 0 Å². The standard InChI is InChI=1S/C13H21NO/c1-12(2,10-14)13(3,15)9-11-7-5-4-6-8-11/h4-8,15H,9-10,14H2,1-3H3. The number of benzene rings is 1. The van der Waals surface area contributed by atoms with E-state index in [0.29, 0.717) is 13.0 Å². The first-order chi connectivity index (χ1) is 6.89. The molecule has 0 saturated carbocycles. The molecule has 0 aliphatic heterocycles. The lowest BCUT2D eigenvalue weighted by molar-refractivity contribution is -0.0456. The Morgan fingerprint density at radius 2 is 1.67 bits per heavy atom. The van der Waals surface area contributed by atoms with E-state index in [9.17, 15) is 5.11 Å². The Balaban J connectivity index is 2.81. The SMILES string of the molecule is CC(C)(CN)C(C)(O)Cc1ccccc1. The van der Waals surface area contributed by atoms with Crippen molar-refractivity contribution < 1.29 is 5.11 Å². The summed E-state index contributed by atoms with van der Waals surface area (Å²) in [6.45, 7) is 6.32. The first-order valence-corrected chi connectivity index (χ1v) is 5.35. The average Bonchev–Trinajstić information content (AvgIpc) is 2.18. The summed E-state index contributed by atoms with van der Waals surface area (Å²) in [4.78, 5) is 0. The minimum Gasteiger partial charge on any atom is -0.389 e. The first kappa shape index (κ1) is 12.2. The molecular weight excluding hydrogens is 186 g/mol. The molecule has 0 aliphatic rings. The summed E-state index contributed by atoms with van der Waals surface area (Å²) in [6.07, 6.45) is 0.637. The molecule has 0 amide bonds. The summed E-state index contributed by atoms with van der Waals surface area (Å²) in [5.74, 6) is 0. The maximum atomic E-state index is 10.4. The normalized spacial score (nSPS) is 16.1. The first-order valence-electron chi connectivity index (χ1n) is 5.35. The molecule has 0 aromatic heterocycles. The second-order valence-electron chi connectivity index (χ2n) is 5.02.